The van der Waals surface area contributed by atoms with Gasteiger partial charge in [0, 0.05) is 18.7 Å². The van der Waals surface area contributed by atoms with Gasteiger partial charge in [-0.05, 0) is 43.9 Å². The van der Waals surface area contributed by atoms with Gasteiger partial charge >= 0.3 is 0 Å². The van der Waals surface area contributed by atoms with Crippen molar-refractivity contribution in [3.8, 4) is 0 Å². The second-order valence-electron chi connectivity index (χ2n) is 6.32. The van der Waals surface area contributed by atoms with Gasteiger partial charge in [0.15, 0.2) is 11.5 Å². The molecular formula is C17H22N2O2. The summed E-state index contributed by atoms with van der Waals surface area (Å²) in [6.45, 7) is 0. The Bertz CT molecular complexity index is 633. The Labute approximate surface area is 124 Å². The Morgan fingerprint density at radius 3 is 2.86 bits per heavy atom. The monoisotopic (exact) mass is 286 g/mol. The van der Waals surface area contributed by atoms with Crippen LogP contribution in [-0.2, 0) is 4.74 Å². The molecule has 1 N–H and O–H groups in total. The van der Waals surface area contributed by atoms with E-state index in [1.54, 1.807) is 0 Å². The summed E-state index contributed by atoms with van der Waals surface area (Å²) in [6.07, 6.45) is 7.60. The number of rotatable bonds is 4. The van der Waals surface area contributed by atoms with Crippen LogP contribution in [0.5, 0.6) is 0 Å². The van der Waals surface area contributed by atoms with Gasteiger partial charge in [-0.1, -0.05) is 12.8 Å². The molecule has 0 spiro atoms. The molecule has 1 aromatic carbocycles. The number of nitrogens with one attached hydrogen (secondary N) is 1. The zero-order valence-electron chi connectivity index (χ0n) is 12.5. The summed E-state index contributed by atoms with van der Waals surface area (Å²) in [5.41, 5.74) is 2.98. The lowest BCUT2D eigenvalue weighted by Gasteiger charge is -2.31. The second-order valence-corrected chi connectivity index (χ2v) is 6.32. The SMILES string of the molecule is COC1CCCCC1Nc1ccc2oc(C3CC3)nc2c1. The van der Waals surface area contributed by atoms with Crippen molar-refractivity contribution < 1.29 is 9.15 Å². The van der Waals surface area contributed by atoms with E-state index < -0.39 is 0 Å². The number of anilines is 1. The largest absolute Gasteiger partial charge is 0.440 e. The number of ether oxygens (including phenoxy) is 1. The second kappa shape index (κ2) is 5.34. The van der Waals surface area contributed by atoms with Crippen LogP contribution in [0.25, 0.3) is 11.1 Å². The first-order valence-electron chi connectivity index (χ1n) is 8.03. The molecule has 1 aromatic heterocycles. The summed E-state index contributed by atoms with van der Waals surface area (Å²) in [5, 5.41) is 3.62. The highest BCUT2D eigenvalue weighted by Gasteiger charge is 2.29. The van der Waals surface area contributed by atoms with Crippen LogP contribution >= 0.6 is 0 Å². The van der Waals surface area contributed by atoms with Crippen LogP contribution in [0, 0.1) is 0 Å². The molecule has 2 aliphatic carbocycles. The van der Waals surface area contributed by atoms with E-state index in [1.165, 1.54) is 32.1 Å². The molecule has 2 atom stereocenters. The molecule has 0 amide bonds. The highest BCUT2D eigenvalue weighted by Crippen LogP contribution is 2.40. The molecule has 4 heteroatoms. The summed E-state index contributed by atoms with van der Waals surface area (Å²) in [6, 6.07) is 6.62. The predicted octanol–water partition coefficient (Wildman–Crippen LogP) is 4.07. The zero-order valence-corrected chi connectivity index (χ0v) is 12.5. The summed E-state index contributed by atoms with van der Waals surface area (Å²) in [7, 11) is 1.81. The molecule has 1 heterocycles. The molecule has 0 saturated heterocycles. The average Bonchev–Trinajstić information content (AvgIpc) is 3.28. The van der Waals surface area contributed by atoms with Crippen molar-refractivity contribution >= 4 is 16.8 Å². The van der Waals surface area contributed by atoms with Crippen LogP contribution in [0.15, 0.2) is 22.6 Å². The number of methoxy groups -OCH3 is 1. The van der Waals surface area contributed by atoms with Crippen LogP contribution < -0.4 is 5.32 Å². The van der Waals surface area contributed by atoms with Crippen molar-refractivity contribution in [3.05, 3.63) is 24.1 Å². The third kappa shape index (κ3) is 2.64. The normalized spacial score (nSPS) is 26.1. The third-order valence-corrected chi connectivity index (χ3v) is 4.69. The van der Waals surface area contributed by atoms with Gasteiger partial charge in [-0.25, -0.2) is 4.98 Å². The molecular weight excluding hydrogens is 264 g/mol. The number of hydrogen-bond donors (Lipinski definition) is 1. The van der Waals surface area contributed by atoms with E-state index in [4.69, 9.17) is 9.15 Å². The highest BCUT2D eigenvalue weighted by atomic mass is 16.5. The minimum atomic E-state index is 0.314. The van der Waals surface area contributed by atoms with Gasteiger partial charge in [0.2, 0.25) is 0 Å². The summed E-state index contributed by atoms with van der Waals surface area (Å²) in [5.74, 6) is 1.47. The fourth-order valence-electron chi connectivity index (χ4n) is 3.30. The van der Waals surface area contributed by atoms with Gasteiger partial charge < -0.3 is 14.5 Å². The van der Waals surface area contributed by atoms with Crippen molar-refractivity contribution in [1.82, 2.24) is 4.98 Å². The first kappa shape index (κ1) is 13.1. The van der Waals surface area contributed by atoms with Gasteiger partial charge in [0.25, 0.3) is 0 Å². The highest BCUT2D eigenvalue weighted by molar-refractivity contribution is 5.77. The average molecular weight is 286 g/mol. The summed E-state index contributed by atoms with van der Waals surface area (Å²) in [4.78, 5) is 4.63. The molecule has 4 nitrogen and oxygen atoms in total. The number of hydrogen-bond acceptors (Lipinski definition) is 4. The molecule has 2 saturated carbocycles. The summed E-state index contributed by atoms with van der Waals surface area (Å²) < 4.78 is 11.4. The van der Waals surface area contributed by atoms with E-state index in [0.29, 0.717) is 18.1 Å². The molecule has 2 fully saturated rings. The van der Waals surface area contributed by atoms with Crippen LogP contribution in [-0.4, -0.2) is 24.2 Å². The third-order valence-electron chi connectivity index (χ3n) is 4.69. The molecule has 112 valence electrons. The van der Waals surface area contributed by atoms with Crippen molar-refractivity contribution in [2.45, 2.75) is 56.6 Å². The molecule has 0 radical (unpaired) electrons. The van der Waals surface area contributed by atoms with Crippen molar-refractivity contribution in [3.63, 3.8) is 0 Å². The standard InChI is InChI=1S/C17H22N2O2/c1-20-15-5-3-2-4-13(15)18-12-8-9-16-14(10-12)19-17(21-16)11-6-7-11/h8-11,13,15,18H,2-7H2,1H3. The molecule has 0 aliphatic heterocycles. The molecule has 2 unspecified atom stereocenters. The van der Waals surface area contributed by atoms with Crippen molar-refractivity contribution in [2.24, 2.45) is 0 Å². The predicted molar refractivity (Wildman–Crippen MR) is 82.7 cm³/mol. The Morgan fingerprint density at radius 2 is 2.05 bits per heavy atom. The first-order valence-corrected chi connectivity index (χ1v) is 8.03. The maximum atomic E-state index is 5.82. The Morgan fingerprint density at radius 1 is 1.19 bits per heavy atom. The minimum Gasteiger partial charge on any atom is -0.440 e. The number of fused-ring (bicyclic) bond motifs is 1. The van der Waals surface area contributed by atoms with Crippen LogP contribution in [0.3, 0.4) is 0 Å². The Hall–Kier alpha value is -1.55. The maximum Gasteiger partial charge on any atom is 0.198 e. The fourth-order valence-corrected chi connectivity index (χ4v) is 3.30. The smallest absolute Gasteiger partial charge is 0.198 e. The summed E-state index contributed by atoms with van der Waals surface area (Å²) >= 11 is 0. The van der Waals surface area contributed by atoms with E-state index in [1.807, 2.05) is 13.2 Å². The lowest BCUT2D eigenvalue weighted by Crippen LogP contribution is -2.37. The Kier molecular flexibility index (Phi) is 3.34. The van der Waals surface area contributed by atoms with Gasteiger partial charge in [0.1, 0.15) is 5.52 Å². The Balaban J connectivity index is 1.55. The molecule has 2 aliphatic rings. The van der Waals surface area contributed by atoms with Crippen molar-refractivity contribution in [1.29, 1.82) is 0 Å². The zero-order chi connectivity index (χ0) is 14.2. The number of aromatic nitrogens is 1. The lowest BCUT2D eigenvalue weighted by molar-refractivity contribution is 0.0606. The van der Waals surface area contributed by atoms with E-state index in [2.05, 4.69) is 22.4 Å². The quantitative estimate of drug-likeness (QED) is 0.920. The van der Waals surface area contributed by atoms with E-state index >= 15 is 0 Å². The number of benzene rings is 1. The van der Waals surface area contributed by atoms with Crippen molar-refractivity contribution in [2.75, 3.05) is 12.4 Å². The van der Waals surface area contributed by atoms with Crippen LogP contribution in [0.1, 0.15) is 50.3 Å². The minimum absolute atomic E-state index is 0.314. The van der Waals surface area contributed by atoms with Gasteiger partial charge in [-0.2, -0.15) is 0 Å². The maximum absolute atomic E-state index is 5.82. The van der Waals surface area contributed by atoms with Gasteiger partial charge in [-0.3, -0.25) is 0 Å². The van der Waals surface area contributed by atoms with Crippen LogP contribution in [0.4, 0.5) is 5.69 Å². The van der Waals surface area contributed by atoms with E-state index in [0.717, 1.165) is 29.1 Å². The van der Waals surface area contributed by atoms with E-state index in [-0.39, 0.29) is 0 Å². The number of nitrogens with zero attached hydrogens (tertiary/aromatic N) is 1. The van der Waals surface area contributed by atoms with Gasteiger partial charge in [0.05, 0.1) is 12.1 Å². The molecule has 21 heavy (non-hydrogen) atoms. The van der Waals surface area contributed by atoms with E-state index in [9.17, 15) is 0 Å². The van der Waals surface area contributed by atoms with Crippen LogP contribution in [0.2, 0.25) is 0 Å². The fraction of sp³-hybridized carbons (Fsp3) is 0.588. The molecule has 0 bridgehead atoms. The topological polar surface area (TPSA) is 47.3 Å². The molecule has 4 rings (SSSR count). The molecule has 2 aromatic rings. The lowest BCUT2D eigenvalue weighted by atomic mass is 9.92. The van der Waals surface area contributed by atoms with Gasteiger partial charge in [-0.15, -0.1) is 0 Å². The number of oxazole rings is 1. The first-order chi connectivity index (χ1) is 10.3.